The summed E-state index contributed by atoms with van der Waals surface area (Å²) in [5.41, 5.74) is 4.74. The van der Waals surface area contributed by atoms with Crippen molar-refractivity contribution < 1.29 is 14.7 Å². The van der Waals surface area contributed by atoms with Crippen LogP contribution in [0.2, 0.25) is 0 Å². The molecule has 0 radical (unpaired) electrons. The van der Waals surface area contributed by atoms with Crippen LogP contribution in [-0.2, 0) is 0 Å². The van der Waals surface area contributed by atoms with E-state index < -0.39 is 5.97 Å². The first kappa shape index (κ1) is 21.6. The summed E-state index contributed by atoms with van der Waals surface area (Å²) in [5.74, 6) is -0.945. The molecule has 0 spiro atoms. The molecule has 1 aromatic heterocycles. The summed E-state index contributed by atoms with van der Waals surface area (Å²) in [6, 6.07) is 24.4. The first-order chi connectivity index (χ1) is 16.6. The van der Waals surface area contributed by atoms with E-state index in [1.165, 1.54) is 4.80 Å². The van der Waals surface area contributed by atoms with E-state index in [2.05, 4.69) is 22.3 Å². The van der Waals surface area contributed by atoms with E-state index in [0.717, 1.165) is 41.5 Å². The van der Waals surface area contributed by atoms with Crippen molar-refractivity contribution in [3.05, 3.63) is 96.2 Å². The van der Waals surface area contributed by atoms with Gasteiger partial charge in [-0.2, -0.15) is 5.10 Å². The summed E-state index contributed by atoms with van der Waals surface area (Å²) < 4.78 is 0. The van der Waals surface area contributed by atoms with E-state index in [4.69, 9.17) is 5.11 Å². The Bertz CT molecular complexity index is 1300. The van der Waals surface area contributed by atoms with Gasteiger partial charge in [0, 0.05) is 12.1 Å². The second kappa shape index (κ2) is 9.31. The third-order valence-electron chi connectivity index (χ3n) is 6.24. The highest BCUT2D eigenvalue weighted by atomic mass is 16.4. The number of nitrogens with zero attached hydrogens (tertiary/aromatic N) is 4. The average molecular weight is 453 g/mol. The number of likely N-dealkylation sites (tertiary alicyclic amines) is 1. The Hall–Kier alpha value is -4.26. The number of carbonyl (C=O) groups is 2. The molecule has 34 heavy (non-hydrogen) atoms. The number of aromatic carboxylic acids is 1. The van der Waals surface area contributed by atoms with E-state index >= 15 is 0 Å². The monoisotopic (exact) mass is 452 g/mol. The number of aromatic nitrogens is 3. The number of amides is 1. The predicted octanol–water partition coefficient (Wildman–Crippen LogP) is 5.51. The molecule has 0 aliphatic carbocycles. The molecule has 3 aromatic carbocycles. The van der Waals surface area contributed by atoms with Crippen LogP contribution in [0, 0.1) is 0 Å². The van der Waals surface area contributed by atoms with Crippen LogP contribution in [-0.4, -0.2) is 43.5 Å². The van der Waals surface area contributed by atoms with Gasteiger partial charge < -0.3 is 10.0 Å². The fraction of sp³-hybridized carbons (Fsp3) is 0.185. The fourth-order valence-electron chi connectivity index (χ4n) is 4.42. The molecule has 0 saturated carbocycles. The van der Waals surface area contributed by atoms with Crippen molar-refractivity contribution in [2.24, 2.45) is 0 Å². The van der Waals surface area contributed by atoms with Crippen molar-refractivity contribution in [3.8, 4) is 22.4 Å². The van der Waals surface area contributed by atoms with Gasteiger partial charge in [0.2, 0.25) is 0 Å². The number of carboxylic acid groups (broad SMARTS) is 1. The number of benzene rings is 3. The molecule has 7 nitrogen and oxygen atoms in total. The lowest BCUT2D eigenvalue weighted by molar-refractivity contribution is 0.0697. The molecule has 1 atom stereocenters. The number of hydrogen-bond acceptors (Lipinski definition) is 4. The number of carbonyl (C=O) groups excluding carboxylic acids is 1. The van der Waals surface area contributed by atoms with Crippen LogP contribution >= 0.6 is 0 Å². The number of rotatable bonds is 4. The molecule has 2 heterocycles. The van der Waals surface area contributed by atoms with Crippen LogP contribution in [0.1, 0.15) is 41.2 Å². The molecule has 1 aliphatic heterocycles. The molecule has 4 aromatic rings. The molecule has 7 heteroatoms. The zero-order valence-electron chi connectivity index (χ0n) is 18.5. The third kappa shape index (κ3) is 4.32. The molecular weight excluding hydrogens is 428 g/mol. The van der Waals surface area contributed by atoms with Crippen LogP contribution in [0.5, 0.6) is 0 Å². The maximum absolute atomic E-state index is 13.3. The number of carboxylic acids is 1. The molecule has 1 amide bonds. The van der Waals surface area contributed by atoms with Crippen LogP contribution in [0.3, 0.4) is 0 Å². The smallest absolute Gasteiger partial charge is 0.362 e. The first-order valence-corrected chi connectivity index (χ1v) is 11.3. The van der Waals surface area contributed by atoms with Gasteiger partial charge >= 0.3 is 12.0 Å². The summed E-state index contributed by atoms with van der Waals surface area (Å²) in [4.78, 5) is 27.4. The van der Waals surface area contributed by atoms with Gasteiger partial charge in [-0.3, -0.25) is 0 Å². The van der Waals surface area contributed by atoms with E-state index in [-0.39, 0.29) is 17.6 Å². The Kier molecular flexibility index (Phi) is 5.91. The molecule has 5 rings (SSSR count). The Morgan fingerprint density at radius 3 is 2.15 bits per heavy atom. The second-order valence-electron chi connectivity index (χ2n) is 8.38. The van der Waals surface area contributed by atoms with Gasteiger partial charge in [-0.05, 0) is 48.1 Å². The lowest BCUT2D eigenvalue weighted by Crippen LogP contribution is -2.41. The van der Waals surface area contributed by atoms with E-state index in [0.29, 0.717) is 12.2 Å². The highest BCUT2D eigenvalue weighted by molar-refractivity contribution is 5.88. The second-order valence-corrected chi connectivity index (χ2v) is 8.38. The first-order valence-electron chi connectivity index (χ1n) is 11.3. The lowest BCUT2D eigenvalue weighted by Gasteiger charge is -2.35. The third-order valence-corrected chi connectivity index (χ3v) is 6.24. The normalized spacial score (nSPS) is 15.8. The van der Waals surface area contributed by atoms with Crippen molar-refractivity contribution >= 4 is 12.0 Å². The van der Waals surface area contributed by atoms with Crippen molar-refractivity contribution in [3.63, 3.8) is 0 Å². The zero-order valence-corrected chi connectivity index (χ0v) is 18.5. The van der Waals surface area contributed by atoms with E-state index in [1.807, 2.05) is 47.4 Å². The zero-order chi connectivity index (χ0) is 23.5. The Morgan fingerprint density at radius 1 is 0.824 bits per heavy atom. The van der Waals surface area contributed by atoms with Crippen LogP contribution < -0.4 is 0 Å². The Labute approximate surface area is 197 Å². The minimum absolute atomic E-state index is 0.0312. The summed E-state index contributed by atoms with van der Waals surface area (Å²) in [6.45, 7) is 0.685. The van der Waals surface area contributed by atoms with Gasteiger partial charge in [-0.1, -0.05) is 71.5 Å². The molecule has 1 N–H and O–H groups in total. The van der Waals surface area contributed by atoms with Crippen LogP contribution in [0.4, 0.5) is 4.79 Å². The maximum atomic E-state index is 13.3. The Balaban J connectivity index is 1.34. The van der Waals surface area contributed by atoms with Crippen molar-refractivity contribution in [2.75, 3.05) is 6.54 Å². The van der Waals surface area contributed by atoms with Gasteiger partial charge in [-0.25, -0.2) is 9.59 Å². The lowest BCUT2D eigenvalue weighted by atomic mass is 9.96. The minimum atomic E-state index is -0.945. The fourth-order valence-corrected chi connectivity index (χ4v) is 4.42. The highest BCUT2D eigenvalue weighted by Gasteiger charge is 2.30. The molecule has 1 unspecified atom stereocenters. The van der Waals surface area contributed by atoms with Gasteiger partial charge in [0.15, 0.2) is 0 Å². The predicted molar refractivity (Wildman–Crippen MR) is 128 cm³/mol. The molecule has 1 saturated heterocycles. The van der Waals surface area contributed by atoms with Gasteiger partial charge in [0.05, 0.1) is 17.8 Å². The quantitative estimate of drug-likeness (QED) is 0.441. The largest absolute Gasteiger partial charge is 0.478 e. The Morgan fingerprint density at radius 2 is 1.47 bits per heavy atom. The van der Waals surface area contributed by atoms with Crippen molar-refractivity contribution in [1.29, 1.82) is 0 Å². The number of piperidine rings is 1. The number of hydrogen-bond donors (Lipinski definition) is 1. The maximum Gasteiger partial charge on any atom is 0.362 e. The van der Waals surface area contributed by atoms with Gasteiger partial charge in [0.25, 0.3) is 0 Å². The van der Waals surface area contributed by atoms with Crippen LogP contribution in [0.15, 0.2) is 85.1 Å². The van der Waals surface area contributed by atoms with Crippen LogP contribution in [0.25, 0.3) is 22.4 Å². The summed E-state index contributed by atoms with van der Waals surface area (Å²) >= 11 is 0. The SMILES string of the molecule is O=C(O)c1ccc(-c2ccc(-c3cnn(C(=O)N4CCCCC4c4ccccc4)n3)cc2)cc1. The summed E-state index contributed by atoms with van der Waals surface area (Å²) in [7, 11) is 0. The summed E-state index contributed by atoms with van der Waals surface area (Å²) in [5, 5.41) is 17.8. The molecular formula is C27H24N4O3. The minimum Gasteiger partial charge on any atom is -0.478 e. The van der Waals surface area contributed by atoms with Gasteiger partial charge in [-0.15, -0.1) is 5.10 Å². The average Bonchev–Trinajstić information content (AvgIpc) is 3.39. The molecule has 1 aliphatic rings. The summed E-state index contributed by atoms with van der Waals surface area (Å²) in [6.07, 6.45) is 4.60. The molecule has 1 fully saturated rings. The van der Waals surface area contributed by atoms with Crippen molar-refractivity contribution in [1.82, 2.24) is 19.9 Å². The van der Waals surface area contributed by atoms with E-state index in [1.54, 1.807) is 30.5 Å². The van der Waals surface area contributed by atoms with Crippen molar-refractivity contribution in [2.45, 2.75) is 25.3 Å². The molecule has 170 valence electrons. The standard InChI is InChI=1S/C27H24N4O3/c32-26(33)23-15-11-20(12-16-23)19-9-13-21(14-10-19)24-18-28-31(29-24)27(34)30-17-5-4-8-25(30)22-6-2-1-3-7-22/h1-3,6-7,9-16,18,25H,4-5,8,17H2,(H,32,33). The van der Waals surface area contributed by atoms with Gasteiger partial charge in [0.1, 0.15) is 5.69 Å². The molecule has 0 bridgehead atoms. The topological polar surface area (TPSA) is 88.3 Å². The highest BCUT2D eigenvalue weighted by Crippen LogP contribution is 2.31. The van der Waals surface area contributed by atoms with E-state index in [9.17, 15) is 9.59 Å².